The molecule has 0 radical (unpaired) electrons. The number of thiazole rings is 1. The number of nitrogens with zero attached hydrogens (tertiary/aromatic N) is 3. The summed E-state index contributed by atoms with van der Waals surface area (Å²) in [6.45, 7) is 11.1. The van der Waals surface area contributed by atoms with Gasteiger partial charge >= 0.3 is 0 Å². The van der Waals surface area contributed by atoms with Gasteiger partial charge in [0.25, 0.3) is 5.91 Å². The molecular weight excluding hydrogens is 470 g/mol. The average molecular weight is 502 g/mol. The van der Waals surface area contributed by atoms with Gasteiger partial charge in [-0.05, 0) is 54.7 Å². The average Bonchev–Trinajstić information content (AvgIpc) is 3.28. The first-order valence-electron chi connectivity index (χ1n) is 11.8. The van der Waals surface area contributed by atoms with Gasteiger partial charge in [-0.25, -0.2) is 4.98 Å². The molecule has 8 heteroatoms. The van der Waals surface area contributed by atoms with E-state index in [1.807, 2.05) is 43.3 Å². The molecule has 1 saturated heterocycles. The normalized spacial score (nSPS) is 14.6. The molecule has 6 nitrogen and oxygen atoms in total. The van der Waals surface area contributed by atoms with Crippen LogP contribution in [-0.4, -0.2) is 61.8 Å². The minimum absolute atomic E-state index is 0.0335. The van der Waals surface area contributed by atoms with Gasteiger partial charge in [0, 0.05) is 31.2 Å². The van der Waals surface area contributed by atoms with Gasteiger partial charge in [0.1, 0.15) is 5.75 Å². The molecule has 4 rings (SSSR count). The van der Waals surface area contributed by atoms with Crippen molar-refractivity contribution in [2.45, 2.75) is 33.1 Å². The lowest BCUT2D eigenvalue weighted by Gasteiger charge is -2.27. The Balaban J connectivity index is 1.48. The number of hydrogen-bond acceptors (Lipinski definition) is 6. The quantitative estimate of drug-likeness (QED) is 0.386. The Bertz CT molecular complexity index is 1110. The van der Waals surface area contributed by atoms with Gasteiger partial charge in [-0.2, -0.15) is 0 Å². The van der Waals surface area contributed by atoms with E-state index in [2.05, 4.69) is 18.7 Å². The smallest absolute Gasteiger partial charge is 0.266 e. The SMILES string of the molecule is Cc1c(Cl)ccc2sc(N(CCCN3CCOCC3)C(=O)COc3ccc(C(C)C)cc3)nc12. The number of aromatic nitrogens is 1. The summed E-state index contributed by atoms with van der Waals surface area (Å²) in [5.74, 6) is 1.05. The van der Waals surface area contributed by atoms with Gasteiger partial charge in [0.2, 0.25) is 0 Å². The van der Waals surface area contributed by atoms with E-state index >= 15 is 0 Å². The molecule has 1 aliphatic rings. The van der Waals surface area contributed by atoms with Crippen molar-refractivity contribution in [3.63, 3.8) is 0 Å². The van der Waals surface area contributed by atoms with Gasteiger partial charge in [-0.3, -0.25) is 14.6 Å². The number of ether oxygens (including phenoxy) is 2. The first kappa shape index (κ1) is 24.9. The molecule has 1 aromatic heterocycles. The third-order valence-corrected chi connectivity index (χ3v) is 7.59. The number of hydrogen-bond donors (Lipinski definition) is 0. The third-order valence-electron chi connectivity index (χ3n) is 6.14. The number of benzene rings is 2. The Morgan fingerprint density at radius 3 is 2.65 bits per heavy atom. The number of carbonyl (C=O) groups excluding carboxylic acids is 1. The van der Waals surface area contributed by atoms with Crippen molar-refractivity contribution in [2.75, 3.05) is 50.9 Å². The van der Waals surface area contributed by atoms with E-state index in [4.69, 9.17) is 26.1 Å². The van der Waals surface area contributed by atoms with E-state index in [-0.39, 0.29) is 12.5 Å². The van der Waals surface area contributed by atoms with Gasteiger partial charge in [0.15, 0.2) is 11.7 Å². The maximum atomic E-state index is 13.3. The molecule has 2 aromatic carbocycles. The molecular formula is C26H32ClN3O3S. The van der Waals surface area contributed by atoms with E-state index in [1.54, 1.807) is 4.90 Å². The fourth-order valence-electron chi connectivity index (χ4n) is 3.98. The van der Waals surface area contributed by atoms with Crippen LogP contribution in [0.4, 0.5) is 5.13 Å². The number of halogens is 1. The highest BCUT2D eigenvalue weighted by atomic mass is 35.5. The van der Waals surface area contributed by atoms with Crippen LogP contribution in [0.2, 0.25) is 5.02 Å². The van der Waals surface area contributed by atoms with Gasteiger partial charge in [0.05, 0.1) is 23.4 Å². The van der Waals surface area contributed by atoms with Crippen molar-refractivity contribution in [1.29, 1.82) is 0 Å². The number of fused-ring (bicyclic) bond motifs is 1. The highest BCUT2D eigenvalue weighted by molar-refractivity contribution is 7.22. The summed E-state index contributed by atoms with van der Waals surface area (Å²) in [4.78, 5) is 22.2. The second-order valence-electron chi connectivity index (χ2n) is 8.88. The van der Waals surface area contributed by atoms with Crippen LogP contribution in [0.25, 0.3) is 10.2 Å². The van der Waals surface area contributed by atoms with Crippen molar-refractivity contribution in [3.05, 3.63) is 52.5 Å². The van der Waals surface area contributed by atoms with Crippen LogP contribution in [0, 0.1) is 6.92 Å². The number of anilines is 1. The van der Waals surface area contributed by atoms with Crippen LogP contribution in [0.1, 0.15) is 37.3 Å². The van der Waals surface area contributed by atoms with Gasteiger partial charge in [-0.1, -0.05) is 48.9 Å². The number of rotatable bonds is 9. The fourth-order valence-corrected chi connectivity index (χ4v) is 5.20. The summed E-state index contributed by atoms with van der Waals surface area (Å²) in [6, 6.07) is 11.8. The number of morpholine rings is 1. The molecule has 0 aliphatic carbocycles. The molecule has 1 amide bonds. The van der Waals surface area contributed by atoms with Crippen LogP contribution >= 0.6 is 22.9 Å². The molecule has 0 N–H and O–H groups in total. The standard InChI is InChI=1S/C26H32ClN3O3S/c1-18(2)20-5-7-21(8-6-20)33-17-24(31)30(12-4-11-29-13-15-32-16-14-29)26-28-25-19(3)22(27)9-10-23(25)34-26/h5-10,18H,4,11-17H2,1-3H3. The number of aryl methyl sites for hydroxylation is 1. The maximum Gasteiger partial charge on any atom is 0.266 e. The molecule has 34 heavy (non-hydrogen) atoms. The molecule has 0 saturated carbocycles. The first-order valence-corrected chi connectivity index (χ1v) is 13.0. The lowest BCUT2D eigenvalue weighted by molar-refractivity contribution is -0.120. The summed E-state index contributed by atoms with van der Waals surface area (Å²) in [7, 11) is 0. The molecule has 0 bridgehead atoms. The highest BCUT2D eigenvalue weighted by Gasteiger charge is 2.22. The second kappa shape index (κ2) is 11.5. The van der Waals surface area contributed by atoms with Crippen molar-refractivity contribution >= 4 is 44.2 Å². The van der Waals surface area contributed by atoms with Crippen LogP contribution in [0.15, 0.2) is 36.4 Å². The van der Waals surface area contributed by atoms with Crippen molar-refractivity contribution in [1.82, 2.24) is 9.88 Å². The zero-order valence-electron chi connectivity index (χ0n) is 20.1. The zero-order chi connectivity index (χ0) is 24.1. The molecule has 1 aliphatic heterocycles. The lowest BCUT2D eigenvalue weighted by atomic mass is 10.0. The third kappa shape index (κ3) is 6.08. The minimum Gasteiger partial charge on any atom is -0.484 e. The van der Waals surface area contributed by atoms with E-state index in [0.717, 1.165) is 55.0 Å². The van der Waals surface area contributed by atoms with Gasteiger partial charge in [-0.15, -0.1) is 0 Å². The van der Waals surface area contributed by atoms with Crippen molar-refractivity contribution in [3.8, 4) is 5.75 Å². The molecule has 0 atom stereocenters. The Kier molecular flexibility index (Phi) is 8.42. The van der Waals surface area contributed by atoms with Crippen LogP contribution in [0.5, 0.6) is 5.75 Å². The molecule has 0 unspecified atom stereocenters. The first-order chi connectivity index (χ1) is 16.4. The number of carbonyl (C=O) groups is 1. The number of amides is 1. The highest BCUT2D eigenvalue weighted by Crippen LogP contribution is 2.33. The van der Waals surface area contributed by atoms with E-state index in [1.165, 1.54) is 16.9 Å². The predicted octanol–water partition coefficient (Wildman–Crippen LogP) is 5.52. The topological polar surface area (TPSA) is 54.9 Å². The van der Waals surface area contributed by atoms with Crippen molar-refractivity contribution < 1.29 is 14.3 Å². The van der Waals surface area contributed by atoms with E-state index in [9.17, 15) is 4.79 Å². The Morgan fingerprint density at radius 1 is 1.21 bits per heavy atom. The monoisotopic (exact) mass is 501 g/mol. The summed E-state index contributed by atoms with van der Waals surface area (Å²) >= 11 is 7.82. The molecule has 1 fully saturated rings. The predicted molar refractivity (Wildman–Crippen MR) is 140 cm³/mol. The summed E-state index contributed by atoms with van der Waals surface area (Å²) in [5, 5.41) is 1.37. The summed E-state index contributed by atoms with van der Waals surface area (Å²) < 4.78 is 12.3. The van der Waals surface area contributed by atoms with E-state index in [0.29, 0.717) is 28.4 Å². The lowest BCUT2D eigenvalue weighted by Crippen LogP contribution is -2.40. The molecule has 0 spiro atoms. The van der Waals surface area contributed by atoms with Crippen LogP contribution < -0.4 is 9.64 Å². The largest absolute Gasteiger partial charge is 0.484 e. The fraction of sp³-hybridized carbons (Fsp3) is 0.462. The van der Waals surface area contributed by atoms with Gasteiger partial charge < -0.3 is 9.47 Å². The summed E-state index contributed by atoms with van der Waals surface area (Å²) in [6.07, 6.45) is 0.852. The van der Waals surface area contributed by atoms with Crippen molar-refractivity contribution in [2.24, 2.45) is 0 Å². The molecule has 3 aromatic rings. The molecule has 182 valence electrons. The summed E-state index contributed by atoms with van der Waals surface area (Å²) in [5.41, 5.74) is 3.03. The Morgan fingerprint density at radius 2 is 1.94 bits per heavy atom. The zero-order valence-corrected chi connectivity index (χ0v) is 21.6. The Labute approximate surface area is 210 Å². The Hall–Kier alpha value is -2.19. The molecule has 2 heterocycles. The maximum absolute atomic E-state index is 13.3. The van der Waals surface area contributed by atoms with E-state index < -0.39 is 0 Å². The van der Waals surface area contributed by atoms with Crippen LogP contribution in [0.3, 0.4) is 0 Å². The minimum atomic E-state index is -0.0993. The van der Waals surface area contributed by atoms with Crippen LogP contribution in [-0.2, 0) is 9.53 Å². The second-order valence-corrected chi connectivity index (χ2v) is 10.3.